The number of nitrogens with zero attached hydrogens (tertiary/aromatic N) is 1. The smallest absolute Gasteiger partial charge is 0.241 e. The van der Waals surface area contributed by atoms with Crippen LogP contribution in [0.15, 0.2) is 27.6 Å². The van der Waals surface area contributed by atoms with Gasteiger partial charge in [-0.25, -0.2) is 17.5 Å². The number of ether oxygens (including phenoxy) is 1. The molecule has 0 fully saturated rings. The van der Waals surface area contributed by atoms with Crippen molar-refractivity contribution in [3.63, 3.8) is 0 Å². The van der Waals surface area contributed by atoms with Crippen LogP contribution in [0, 0.1) is 19.7 Å². The SMILES string of the molecule is CC[C@H](NS(=O)(=O)c1ccc(F)c(OC)c1)c1c(C)noc1C. The summed E-state index contributed by atoms with van der Waals surface area (Å²) in [5, 5.41) is 3.85. The van der Waals surface area contributed by atoms with Crippen molar-refractivity contribution in [2.75, 3.05) is 7.11 Å². The van der Waals surface area contributed by atoms with Crippen LogP contribution >= 0.6 is 0 Å². The Kier molecular flexibility index (Phi) is 5.06. The molecule has 8 heteroatoms. The van der Waals surface area contributed by atoms with E-state index in [1.54, 1.807) is 13.8 Å². The average molecular weight is 342 g/mol. The molecule has 0 amide bonds. The van der Waals surface area contributed by atoms with Crippen molar-refractivity contribution in [1.29, 1.82) is 0 Å². The molecule has 1 aromatic carbocycles. The zero-order chi connectivity index (χ0) is 17.2. The van der Waals surface area contributed by atoms with E-state index in [4.69, 9.17) is 9.26 Å². The molecule has 0 unspecified atom stereocenters. The fourth-order valence-corrected chi connectivity index (χ4v) is 3.70. The van der Waals surface area contributed by atoms with Crippen LogP contribution in [0.25, 0.3) is 0 Å². The number of halogens is 1. The zero-order valence-corrected chi connectivity index (χ0v) is 14.2. The molecule has 1 atom stereocenters. The molecule has 1 heterocycles. The van der Waals surface area contributed by atoms with Gasteiger partial charge < -0.3 is 9.26 Å². The Morgan fingerprint density at radius 3 is 2.61 bits per heavy atom. The van der Waals surface area contributed by atoms with Crippen molar-refractivity contribution >= 4 is 10.0 Å². The summed E-state index contributed by atoms with van der Waals surface area (Å²) in [5.74, 6) is -0.184. The van der Waals surface area contributed by atoms with Crippen molar-refractivity contribution in [1.82, 2.24) is 9.88 Å². The molecular formula is C15H19FN2O4S. The highest BCUT2D eigenvalue weighted by Gasteiger charge is 2.25. The normalized spacial score (nSPS) is 13.1. The second-order valence-corrected chi connectivity index (χ2v) is 6.83. The molecule has 0 saturated carbocycles. The third-order valence-corrected chi connectivity index (χ3v) is 5.04. The predicted octanol–water partition coefficient (Wildman–Crippen LogP) is 2.87. The maximum Gasteiger partial charge on any atom is 0.241 e. The van der Waals surface area contributed by atoms with E-state index in [1.165, 1.54) is 13.2 Å². The highest BCUT2D eigenvalue weighted by Crippen LogP contribution is 2.27. The number of rotatable bonds is 6. The van der Waals surface area contributed by atoms with Gasteiger partial charge in [0, 0.05) is 11.6 Å². The average Bonchev–Trinajstić information content (AvgIpc) is 2.84. The maximum absolute atomic E-state index is 13.5. The molecule has 0 aliphatic heterocycles. The molecule has 2 rings (SSSR count). The summed E-state index contributed by atoms with van der Waals surface area (Å²) in [5.41, 5.74) is 1.35. The van der Waals surface area contributed by atoms with Gasteiger partial charge >= 0.3 is 0 Å². The lowest BCUT2D eigenvalue weighted by atomic mass is 10.0. The molecule has 0 bridgehead atoms. The van der Waals surface area contributed by atoms with Crippen LogP contribution in [0.2, 0.25) is 0 Å². The van der Waals surface area contributed by atoms with Crippen molar-refractivity contribution in [2.45, 2.75) is 38.1 Å². The molecule has 2 aromatic rings. The van der Waals surface area contributed by atoms with E-state index >= 15 is 0 Å². The lowest BCUT2D eigenvalue weighted by Crippen LogP contribution is -2.29. The van der Waals surface area contributed by atoms with Gasteiger partial charge in [-0.2, -0.15) is 0 Å². The molecule has 0 aliphatic rings. The summed E-state index contributed by atoms with van der Waals surface area (Å²) >= 11 is 0. The first-order valence-corrected chi connectivity index (χ1v) is 8.57. The van der Waals surface area contributed by atoms with Crippen LogP contribution < -0.4 is 9.46 Å². The lowest BCUT2D eigenvalue weighted by Gasteiger charge is -2.17. The highest BCUT2D eigenvalue weighted by atomic mass is 32.2. The first kappa shape index (κ1) is 17.4. The Balaban J connectivity index is 2.36. The second kappa shape index (κ2) is 6.67. The van der Waals surface area contributed by atoms with Gasteiger partial charge in [0.1, 0.15) is 5.76 Å². The summed E-state index contributed by atoms with van der Waals surface area (Å²) in [7, 11) is -2.57. The number of hydrogen-bond donors (Lipinski definition) is 1. The lowest BCUT2D eigenvalue weighted by molar-refractivity contribution is 0.385. The molecule has 6 nitrogen and oxygen atoms in total. The van der Waals surface area contributed by atoms with Gasteiger partial charge in [0.25, 0.3) is 0 Å². The van der Waals surface area contributed by atoms with Crippen LogP contribution in [0.5, 0.6) is 5.75 Å². The number of hydrogen-bond acceptors (Lipinski definition) is 5. The van der Waals surface area contributed by atoms with Crippen LogP contribution in [0.4, 0.5) is 4.39 Å². The van der Waals surface area contributed by atoms with Gasteiger partial charge in [-0.05, 0) is 32.4 Å². The highest BCUT2D eigenvalue weighted by molar-refractivity contribution is 7.89. The Morgan fingerprint density at radius 2 is 2.09 bits per heavy atom. The Hall–Kier alpha value is -1.93. The standard InChI is InChI=1S/C15H19FN2O4S/c1-5-13(15-9(2)17-22-10(15)3)18-23(19,20)11-6-7-12(16)14(8-11)21-4/h6-8,13,18H,5H2,1-4H3/t13-/m0/s1. The second-order valence-electron chi connectivity index (χ2n) is 5.12. The zero-order valence-electron chi connectivity index (χ0n) is 13.4. The van der Waals surface area contributed by atoms with E-state index in [-0.39, 0.29) is 10.6 Å². The van der Waals surface area contributed by atoms with Crippen molar-refractivity contribution in [2.24, 2.45) is 0 Å². The number of aryl methyl sites for hydroxylation is 2. The molecule has 1 N–H and O–H groups in total. The van der Waals surface area contributed by atoms with E-state index < -0.39 is 21.9 Å². The number of aromatic nitrogens is 1. The summed E-state index contributed by atoms with van der Waals surface area (Å²) in [6, 6.07) is 2.92. The Bertz CT molecular complexity index is 782. The number of nitrogens with one attached hydrogen (secondary N) is 1. The number of methoxy groups -OCH3 is 1. The summed E-state index contributed by atoms with van der Waals surface area (Å²) in [6.07, 6.45) is 0.514. The predicted molar refractivity (Wildman–Crippen MR) is 82.3 cm³/mol. The van der Waals surface area contributed by atoms with Gasteiger partial charge in [0.2, 0.25) is 10.0 Å². The summed E-state index contributed by atoms with van der Waals surface area (Å²) < 4.78 is 51.1. The molecule has 23 heavy (non-hydrogen) atoms. The van der Waals surface area contributed by atoms with E-state index in [9.17, 15) is 12.8 Å². The molecule has 1 aromatic heterocycles. The summed E-state index contributed by atoms with van der Waals surface area (Å²) in [6.45, 7) is 5.33. The van der Waals surface area contributed by atoms with E-state index in [0.717, 1.165) is 12.1 Å². The van der Waals surface area contributed by atoms with Gasteiger partial charge in [-0.3, -0.25) is 0 Å². The van der Waals surface area contributed by atoms with E-state index in [2.05, 4.69) is 9.88 Å². The molecule has 0 saturated heterocycles. The minimum Gasteiger partial charge on any atom is -0.494 e. The van der Waals surface area contributed by atoms with E-state index in [0.29, 0.717) is 23.4 Å². The van der Waals surface area contributed by atoms with Crippen molar-refractivity contribution in [3.05, 3.63) is 41.0 Å². The fourth-order valence-electron chi connectivity index (χ4n) is 2.40. The van der Waals surface area contributed by atoms with Crippen LogP contribution in [-0.4, -0.2) is 20.7 Å². The Labute approximate surface area is 134 Å². The molecular weight excluding hydrogens is 323 g/mol. The van der Waals surface area contributed by atoms with Crippen LogP contribution in [-0.2, 0) is 10.0 Å². The van der Waals surface area contributed by atoms with Crippen molar-refractivity contribution < 1.29 is 22.1 Å². The molecule has 0 spiro atoms. The van der Waals surface area contributed by atoms with Gasteiger partial charge in [0.05, 0.1) is 23.7 Å². The first-order chi connectivity index (χ1) is 10.8. The Morgan fingerprint density at radius 1 is 1.39 bits per heavy atom. The first-order valence-electron chi connectivity index (χ1n) is 7.08. The monoisotopic (exact) mass is 342 g/mol. The summed E-state index contributed by atoms with van der Waals surface area (Å²) in [4.78, 5) is -0.0686. The molecule has 0 aliphatic carbocycles. The third kappa shape index (κ3) is 3.53. The molecule has 0 radical (unpaired) electrons. The minimum absolute atomic E-state index is 0.0686. The van der Waals surface area contributed by atoms with Gasteiger partial charge in [-0.15, -0.1) is 0 Å². The van der Waals surface area contributed by atoms with Crippen LogP contribution in [0.1, 0.15) is 36.4 Å². The quantitative estimate of drug-likeness (QED) is 0.873. The minimum atomic E-state index is -3.85. The maximum atomic E-state index is 13.5. The van der Waals surface area contributed by atoms with E-state index in [1.807, 2.05) is 6.92 Å². The topological polar surface area (TPSA) is 81.4 Å². The third-order valence-electron chi connectivity index (χ3n) is 3.58. The fraction of sp³-hybridized carbons (Fsp3) is 0.400. The van der Waals surface area contributed by atoms with Crippen LogP contribution in [0.3, 0.4) is 0 Å². The number of benzene rings is 1. The van der Waals surface area contributed by atoms with Gasteiger partial charge in [-0.1, -0.05) is 12.1 Å². The molecule has 126 valence electrons. The largest absolute Gasteiger partial charge is 0.494 e. The number of sulfonamides is 1. The van der Waals surface area contributed by atoms with Gasteiger partial charge in [0.15, 0.2) is 11.6 Å². The van der Waals surface area contributed by atoms with Crippen molar-refractivity contribution in [3.8, 4) is 5.75 Å².